The van der Waals surface area contributed by atoms with Gasteiger partial charge in [0, 0.05) is 40.5 Å². The molecule has 0 saturated carbocycles. The van der Waals surface area contributed by atoms with Crippen molar-refractivity contribution in [2.75, 3.05) is 10.6 Å². The molecule has 8 heteroatoms. The van der Waals surface area contributed by atoms with Gasteiger partial charge in [-0.15, -0.1) is 0 Å². The second-order valence-corrected chi connectivity index (χ2v) is 5.94. The van der Waals surface area contributed by atoms with Crippen molar-refractivity contribution in [3.05, 3.63) is 81.7 Å². The van der Waals surface area contributed by atoms with Crippen LogP contribution in [0.15, 0.2) is 54.6 Å². The van der Waals surface area contributed by atoms with E-state index in [0.717, 1.165) is 17.1 Å². The molecule has 0 aliphatic carbocycles. The summed E-state index contributed by atoms with van der Waals surface area (Å²) >= 11 is 0. The molecule has 8 nitrogen and oxygen atoms in total. The Morgan fingerprint density at radius 1 is 0.963 bits per heavy atom. The number of carbonyl (C=O) groups is 1. The lowest BCUT2D eigenvalue weighted by atomic mass is 10.2. The zero-order chi connectivity index (χ0) is 19.4. The lowest BCUT2D eigenvalue weighted by molar-refractivity contribution is -0.384. The molecule has 0 radical (unpaired) electrons. The smallest absolute Gasteiger partial charge is 0.269 e. The third-order valence-electron chi connectivity index (χ3n) is 3.70. The van der Waals surface area contributed by atoms with Gasteiger partial charge in [-0.25, -0.2) is 9.97 Å². The molecule has 0 unspecified atom stereocenters. The Morgan fingerprint density at radius 3 is 2.22 bits per heavy atom. The first-order valence-electron chi connectivity index (χ1n) is 8.16. The Hall–Kier alpha value is -3.81. The minimum atomic E-state index is -0.508. The fourth-order valence-corrected chi connectivity index (χ4v) is 2.52. The van der Waals surface area contributed by atoms with Crippen molar-refractivity contribution in [2.24, 2.45) is 0 Å². The molecule has 3 rings (SSSR count). The number of amides is 1. The molecule has 0 aliphatic heterocycles. The fraction of sp³-hybridized carbons (Fsp3) is 0.105. The molecule has 1 heterocycles. The average molecular weight is 363 g/mol. The summed E-state index contributed by atoms with van der Waals surface area (Å²) < 4.78 is 0. The highest BCUT2D eigenvalue weighted by Gasteiger charge is 2.10. The van der Waals surface area contributed by atoms with E-state index in [1.807, 2.05) is 26.0 Å². The Morgan fingerprint density at radius 2 is 1.59 bits per heavy atom. The highest BCUT2D eigenvalue weighted by molar-refractivity contribution is 6.04. The normalized spacial score (nSPS) is 10.3. The summed E-state index contributed by atoms with van der Waals surface area (Å²) in [4.78, 5) is 31.2. The topological polar surface area (TPSA) is 110 Å². The van der Waals surface area contributed by atoms with Crippen molar-refractivity contribution in [1.82, 2.24) is 9.97 Å². The van der Waals surface area contributed by atoms with Gasteiger partial charge in [0.1, 0.15) is 0 Å². The first-order chi connectivity index (χ1) is 12.9. The molecule has 0 atom stereocenters. The summed E-state index contributed by atoms with van der Waals surface area (Å²) in [6.45, 7) is 3.78. The quantitative estimate of drug-likeness (QED) is 0.524. The van der Waals surface area contributed by atoms with Crippen LogP contribution in [0.4, 0.5) is 23.0 Å². The molecule has 0 saturated heterocycles. The van der Waals surface area contributed by atoms with Crippen LogP contribution in [-0.2, 0) is 0 Å². The van der Waals surface area contributed by atoms with Gasteiger partial charge < -0.3 is 10.6 Å². The number of hydrogen-bond donors (Lipinski definition) is 2. The van der Waals surface area contributed by atoms with E-state index in [-0.39, 0.29) is 11.6 Å². The SMILES string of the molecule is Cc1cc(C)nc(Nc2cccc(NC(=O)c3ccc([N+](=O)[O-])cc3)c2)n1. The van der Waals surface area contributed by atoms with Gasteiger partial charge in [-0.1, -0.05) is 6.07 Å². The molecule has 136 valence electrons. The predicted octanol–water partition coefficient (Wildman–Crippen LogP) is 4.00. The van der Waals surface area contributed by atoms with Gasteiger partial charge in [-0.2, -0.15) is 0 Å². The molecule has 27 heavy (non-hydrogen) atoms. The molecule has 0 bridgehead atoms. The Balaban J connectivity index is 1.73. The maximum atomic E-state index is 12.3. The molecule has 2 N–H and O–H groups in total. The van der Waals surface area contributed by atoms with Crippen LogP contribution in [0.1, 0.15) is 21.7 Å². The van der Waals surface area contributed by atoms with Gasteiger partial charge in [0.15, 0.2) is 0 Å². The molecule has 1 amide bonds. The fourth-order valence-electron chi connectivity index (χ4n) is 2.52. The highest BCUT2D eigenvalue weighted by atomic mass is 16.6. The van der Waals surface area contributed by atoms with Crippen LogP contribution in [0.3, 0.4) is 0 Å². The van der Waals surface area contributed by atoms with Crippen LogP contribution in [0.5, 0.6) is 0 Å². The van der Waals surface area contributed by atoms with Crippen molar-refractivity contribution in [3.8, 4) is 0 Å². The number of anilines is 3. The van der Waals surface area contributed by atoms with Gasteiger partial charge >= 0.3 is 0 Å². The number of aromatic nitrogens is 2. The lowest BCUT2D eigenvalue weighted by Crippen LogP contribution is -2.12. The highest BCUT2D eigenvalue weighted by Crippen LogP contribution is 2.20. The van der Waals surface area contributed by atoms with E-state index in [4.69, 9.17) is 0 Å². The number of hydrogen-bond acceptors (Lipinski definition) is 6. The molecule has 1 aromatic heterocycles. The van der Waals surface area contributed by atoms with Gasteiger partial charge in [0.05, 0.1) is 4.92 Å². The van der Waals surface area contributed by atoms with E-state index >= 15 is 0 Å². The van der Waals surface area contributed by atoms with Crippen LogP contribution in [0.2, 0.25) is 0 Å². The number of nitro benzene ring substituents is 1. The van der Waals surface area contributed by atoms with Crippen molar-refractivity contribution in [3.63, 3.8) is 0 Å². The Labute approximate surface area is 155 Å². The molecular formula is C19H17N5O3. The minimum absolute atomic E-state index is 0.0637. The number of aryl methyl sites for hydroxylation is 2. The minimum Gasteiger partial charge on any atom is -0.324 e. The first kappa shape index (κ1) is 18.0. The van der Waals surface area contributed by atoms with Crippen molar-refractivity contribution in [2.45, 2.75) is 13.8 Å². The second kappa shape index (κ2) is 7.61. The monoisotopic (exact) mass is 363 g/mol. The molecular weight excluding hydrogens is 346 g/mol. The average Bonchev–Trinajstić information content (AvgIpc) is 2.61. The lowest BCUT2D eigenvalue weighted by Gasteiger charge is -2.09. The molecule has 0 spiro atoms. The van der Waals surface area contributed by atoms with Crippen molar-refractivity contribution >= 4 is 28.9 Å². The van der Waals surface area contributed by atoms with Crippen molar-refractivity contribution in [1.29, 1.82) is 0 Å². The summed E-state index contributed by atoms with van der Waals surface area (Å²) in [5.41, 5.74) is 3.28. The summed E-state index contributed by atoms with van der Waals surface area (Å²) in [6.07, 6.45) is 0. The van der Waals surface area contributed by atoms with E-state index < -0.39 is 4.92 Å². The maximum Gasteiger partial charge on any atom is 0.269 e. The second-order valence-electron chi connectivity index (χ2n) is 5.94. The summed E-state index contributed by atoms with van der Waals surface area (Å²) in [5.74, 6) is 0.121. The number of carbonyl (C=O) groups excluding carboxylic acids is 1. The number of rotatable bonds is 5. The van der Waals surface area contributed by atoms with Gasteiger partial charge in [0.2, 0.25) is 5.95 Å². The van der Waals surface area contributed by atoms with Crippen LogP contribution in [0, 0.1) is 24.0 Å². The number of nitrogens with zero attached hydrogens (tertiary/aromatic N) is 3. The van der Waals surface area contributed by atoms with Crippen LogP contribution in [-0.4, -0.2) is 20.8 Å². The number of nitro groups is 1. The third kappa shape index (κ3) is 4.63. The zero-order valence-corrected chi connectivity index (χ0v) is 14.8. The summed E-state index contributed by atoms with van der Waals surface area (Å²) in [5, 5.41) is 16.6. The van der Waals surface area contributed by atoms with Gasteiger partial charge in [0.25, 0.3) is 11.6 Å². The number of benzene rings is 2. The van der Waals surface area contributed by atoms with Crippen LogP contribution < -0.4 is 10.6 Å². The Kier molecular flexibility index (Phi) is 5.07. The maximum absolute atomic E-state index is 12.3. The largest absolute Gasteiger partial charge is 0.324 e. The van der Waals surface area contributed by atoms with E-state index in [1.54, 1.807) is 18.2 Å². The van der Waals surface area contributed by atoms with Crippen LogP contribution >= 0.6 is 0 Å². The number of nitrogens with one attached hydrogen (secondary N) is 2. The van der Waals surface area contributed by atoms with Crippen LogP contribution in [0.25, 0.3) is 0 Å². The van der Waals surface area contributed by atoms with Crippen molar-refractivity contribution < 1.29 is 9.72 Å². The van der Waals surface area contributed by atoms with Gasteiger partial charge in [-0.05, 0) is 50.2 Å². The zero-order valence-electron chi connectivity index (χ0n) is 14.8. The van der Waals surface area contributed by atoms with E-state index in [1.165, 1.54) is 24.3 Å². The van der Waals surface area contributed by atoms with E-state index in [0.29, 0.717) is 17.2 Å². The molecule has 2 aromatic carbocycles. The standard InChI is InChI=1S/C19H17N5O3/c1-12-10-13(2)21-19(20-12)23-16-5-3-4-15(11-16)22-18(25)14-6-8-17(9-7-14)24(26)27/h3-11H,1-2H3,(H,22,25)(H,20,21,23). The third-order valence-corrected chi connectivity index (χ3v) is 3.70. The number of non-ortho nitro benzene ring substituents is 1. The first-order valence-corrected chi connectivity index (χ1v) is 8.16. The molecule has 0 fully saturated rings. The Bertz CT molecular complexity index is 982. The van der Waals surface area contributed by atoms with Gasteiger partial charge in [-0.3, -0.25) is 14.9 Å². The van der Waals surface area contributed by atoms with E-state index in [2.05, 4.69) is 20.6 Å². The van der Waals surface area contributed by atoms with E-state index in [9.17, 15) is 14.9 Å². The predicted molar refractivity (Wildman–Crippen MR) is 102 cm³/mol. The summed E-state index contributed by atoms with van der Waals surface area (Å²) in [7, 11) is 0. The molecule has 3 aromatic rings. The summed E-state index contributed by atoms with van der Waals surface area (Å²) in [6, 6.07) is 14.4. The molecule has 0 aliphatic rings.